The quantitative estimate of drug-likeness (QED) is 0.380. The molecule has 0 spiro atoms. The van der Waals surface area contributed by atoms with Crippen molar-refractivity contribution in [2.75, 3.05) is 13.1 Å². The maximum Gasteiger partial charge on any atom is 0.335 e. The molecule has 1 aromatic heterocycles. The Bertz CT molecular complexity index is 1180. The third kappa shape index (κ3) is 4.87. The summed E-state index contributed by atoms with van der Waals surface area (Å²) in [6.07, 6.45) is 9.45. The maximum atomic E-state index is 11.6. The van der Waals surface area contributed by atoms with Crippen LogP contribution in [0.15, 0.2) is 47.5 Å². The molecular weight excluding hydrogens is 426 g/mol. The number of aliphatic imine (C=N–C) groups is 1. The van der Waals surface area contributed by atoms with Crippen molar-refractivity contribution in [3.05, 3.63) is 59.2 Å². The average Bonchev–Trinajstić information content (AvgIpc) is 3.19. The lowest BCUT2D eigenvalue weighted by atomic mass is 9.83. The summed E-state index contributed by atoms with van der Waals surface area (Å²) in [6.45, 7) is 3.31. The highest BCUT2D eigenvalue weighted by atomic mass is 16.4. The molecule has 34 heavy (non-hydrogen) atoms. The van der Waals surface area contributed by atoms with Gasteiger partial charge in [0.1, 0.15) is 0 Å². The molecule has 2 fully saturated rings. The lowest BCUT2D eigenvalue weighted by Gasteiger charge is -2.26. The van der Waals surface area contributed by atoms with Gasteiger partial charge >= 0.3 is 5.97 Å². The fraction of sp³-hybridized carbons (Fsp3) is 0.429. The highest BCUT2D eigenvalue weighted by Gasteiger charge is 2.26. The predicted molar refractivity (Wildman–Crippen MR) is 135 cm³/mol. The molecule has 0 atom stereocenters. The normalized spacial score (nSPS) is 18.4. The third-order valence-corrected chi connectivity index (χ3v) is 7.31. The first-order valence-corrected chi connectivity index (χ1v) is 12.6. The second-order valence-corrected chi connectivity index (χ2v) is 9.75. The van der Waals surface area contributed by atoms with E-state index >= 15 is 0 Å². The van der Waals surface area contributed by atoms with E-state index in [1.54, 1.807) is 18.2 Å². The van der Waals surface area contributed by atoms with Crippen LogP contribution in [-0.2, 0) is 6.54 Å². The van der Waals surface area contributed by atoms with Crippen LogP contribution in [-0.4, -0.2) is 44.9 Å². The lowest BCUT2D eigenvalue weighted by molar-refractivity contribution is 0.0697. The molecule has 6 heteroatoms. The van der Waals surface area contributed by atoms with Crippen molar-refractivity contribution in [3.63, 3.8) is 0 Å². The van der Waals surface area contributed by atoms with Crippen LogP contribution in [0.1, 0.15) is 72.9 Å². The first kappa shape index (κ1) is 22.7. The minimum absolute atomic E-state index is 0.0589. The summed E-state index contributed by atoms with van der Waals surface area (Å²) in [5, 5.41) is 21.1. The lowest BCUT2D eigenvalue weighted by Crippen LogP contribution is -2.28. The van der Waals surface area contributed by atoms with Gasteiger partial charge in [-0.1, -0.05) is 37.8 Å². The smallest absolute Gasteiger partial charge is 0.335 e. The molecule has 0 unspecified atom stereocenters. The first-order valence-electron chi connectivity index (χ1n) is 12.6. The van der Waals surface area contributed by atoms with E-state index in [0.717, 1.165) is 49.1 Å². The number of aromatic hydroxyl groups is 1. The highest BCUT2D eigenvalue weighted by molar-refractivity contribution is 6.15. The van der Waals surface area contributed by atoms with E-state index in [2.05, 4.69) is 34.1 Å². The van der Waals surface area contributed by atoms with E-state index in [9.17, 15) is 15.0 Å². The molecule has 0 radical (unpaired) electrons. The van der Waals surface area contributed by atoms with E-state index in [0.29, 0.717) is 10.9 Å². The number of fused-ring (bicyclic) bond motifs is 1. The number of carboxylic acids is 1. The van der Waals surface area contributed by atoms with Crippen LogP contribution in [0.2, 0.25) is 0 Å². The Labute approximate surface area is 200 Å². The van der Waals surface area contributed by atoms with Gasteiger partial charge in [-0.05, 0) is 74.7 Å². The van der Waals surface area contributed by atoms with Crippen molar-refractivity contribution in [1.29, 1.82) is 0 Å². The molecule has 1 aliphatic carbocycles. The number of aromatic carboxylic acids is 1. The number of benzene rings is 2. The number of aromatic amines is 1. The Morgan fingerprint density at radius 3 is 2.38 bits per heavy atom. The van der Waals surface area contributed by atoms with Crippen LogP contribution in [0, 0.1) is 5.92 Å². The molecule has 2 aliphatic rings. The fourth-order valence-electron chi connectivity index (χ4n) is 5.49. The summed E-state index contributed by atoms with van der Waals surface area (Å²) >= 11 is 0. The summed E-state index contributed by atoms with van der Waals surface area (Å²) in [6, 6.07) is 13.4. The van der Waals surface area contributed by atoms with Crippen molar-refractivity contribution in [1.82, 2.24) is 9.88 Å². The zero-order chi connectivity index (χ0) is 23.5. The molecule has 178 valence electrons. The number of likely N-dealkylation sites (tertiary alicyclic amines) is 1. The van der Waals surface area contributed by atoms with Gasteiger partial charge in [0.2, 0.25) is 0 Å². The highest BCUT2D eigenvalue weighted by Crippen LogP contribution is 2.36. The molecule has 3 aromatic rings. The number of hydrogen-bond donors (Lipinski definition) is 3. The zero-order valence-electron chi connectivity index (χ0n) is 19.6. The van der Waals surface area contributed by atoms with Crippen molar-refractivity contribution >= 4 is 28.3 Å². The monoisotopic (exact) mass is 459 g/mol. The number of hydrogen-bond acceptors (Lipinski definition) is 4. The Hall–Kier alpha value is -3.12. The summed E-state index contributed by atoms with van der Waals surface area (Å²) in [4.78, 5) is 22.2. The Balaban J connectivity index is 1.51. The summed E-state index contributed by atoms with van der Waals surface area (Å²) in [7, 11) is 0. The molecule has 0 amide bonds. The van der Waals surface area contributed by atoms with Crippen molar-refractivity contribution in [2.45, 2.75) is 57.9 Å². The number of nitrogens with zero attached hydrogens (tertiary/aromatic N) is 2. The molecular formula is C28H33N3O3. The second-order valence-electron chi connectivity index (χ2n) is 9.75. The Morgan fingerprint density at radius 1 is 0.971 bits per heavy atom. The van der Waals surface area contributed by atoms with Gasteiger partial charge in [-0.15, -0.1) is 0 Å². The van der Waals surface area contributed by atoms with E-state index in [4.69, 9.17) is 4.99 Å². The number of carbonyl (C=O) groups is 1. The van der Waals surface area contributed by atoms with E-state index in [-0.39, 0.29) is 17.4 Å². The van der Waals surface area contributed by atoms with Crippen LogP contribution in [0.3, 0.4) is 0 Å². The third-order valence-electron chi connectivity index (χ3n) is 7.31. The number of aromatic nitrogens is 1. The molecule has 5 rings (SSSR count). The van der Waals surface area contributed by atoms with Gasteiger partial charge in [0.15, 0.2) is 5.88 Å². The largest absolute Gasteiger partial charge is 0.494 e. The summed E-state index contributed by atoms with van der Waals surface area (Å²) in [5.74, 6) is -0.683. The molecule has 1 saturated heterocycles. The molecule has 0 bridgehead atoms. The molecule has 1 saturated carbocycles. The van der Waals surface area contributed by atoms with E-state index < -0.39 is 5.97 Å². The van der Waals surface area contributed by atoms with Gasteiger partial charge in [0.25, 0.3) is 0 Å². The van der Waals surface area contributed by atoms with Crippen molar-refractivity contribution in [3.8, 4) is 5.88 Å². The summed E-state index contributed by atoms with van der Waals surface area (Å²) < 4.78 is 0. The Morgan fingerprint density at radius 2 is 1.68 bits per heavy atom. The Kier molecular flexibility index (Phi) is 6.68. The van der Waals surface area contributed by atoms with Gasteiger partial charge in [-0.25, -0.2) is 4.79 Å². The van der Waals surface area contributed by atoms with Crippen LogP contribution in [0.4, 0.5) is 5.69 Å². The number of carboxylic acid groups (broad SMARTS) is 1. The molecule has 1 aliphatic heterocycles. The van der Waals surface area contributed by atoms with Gasteiger partial charge in [-0.3, -0.25) is 9.89 Å². The summed E-state index contributed by atoms with van der Waals surface area (Å²) in [5.41, 5.74) is 4.58. The zero-order valence-corrected chi connectivity index (χ0v) is 19.6. The minimum atomic E-state index is -0.978. The van der Waals surface area contributed by atoms with Crippen LogP contribution < -0.4 is 0 Å². The topological polar surface area (TPSA) is 88.9 Å². The van der Waals surface area contributed by atoms with Crippen molar-refractivity contribution < 1.29 is 15.0 Å². The number of H-pyrrole nitrogens is 1. The predicted octanol–water partition coefficient (Wildman–Crippen LogP) is 6.26. The van der Waals surface area contributed by atoms with Crippen molar-refractivity contribution in [2.24, 2.45) is 10.9 Å². The minimum Gasteiger partial charge on any atom is -0.494 e. The van der Waals surface area contributed by atoms with E-state index in [1.807, 2.05) is 0 Å². The van der Waals surface area contributed by atoms with E-state index in [1.165, 1.54) is 44.3 Å². The number of nitrogens with one attached hydrogen (secondary N) is 1. The standard InChI is InChI=1S/C28H33N3O3/c32-27-25(23-17-21(28(33)34)11-14-24(23)30-27)26(20-7-3-1-4-8-20)29-22-12-9-19(10-13-22)18-31-15-5-2-6-16-31/h9-14,17,20,30,32H,1-8,15-16,18H2,(H,33,34). The molecule has 3 N–H and O–H groups in total. The fourth-order valence-corrected chi connectivity index (χ4v) is 5.49. The molecule has 2 heterocycles. The maximum absolute atomic E-state index is 11.6. The molecule has 6 nitrogen and oxygen atoms in total. The number of rotatable bonds is 6. The second kappa shape index (κ2) is 10.0. The average molecular weight is 460 g/mol. The van der Waals surface area contributed by atoms with Crippen LogP contribution in [0.25, 0.3) is 10.9 Å². The SMILES string of the molecule is O=C(O)c1ccc2[nH]c(O)c(C(=Nc3ccc(CN4CCCCC4)cc3)C3CCCCC3)c2c1. The van der Waals surface area contributed by atoms with Crippen LogP contribution in [0.5, 0.6) is 5.88 Å². The number of piperidine rings is 1. The van der Waals surface area contributed by atoms with Gasteiger partial charge in [-0.2, -0.15) is 0 Å². The van der Waals surface area contributed by atoms with Gasteiger partial charge in [0.05, 0.1) is 22.5 Å². The van der Waals surface area contributed by atoms with Gasteiger partial charge < -0.3 is 15.2 Å². The van der Waals surface area contributed by atoms with Gasteiger partial charge in [0, 0.05) is 23.4 Å². The van der Waals surface area contributed by atoms with Crippen LogP contribution >= 0.6 is 0 Å². The molecule has 2 aromatic carbocycles. The first-order chi connectivity index (χ1) is 16.6.